The molecule has 0 aromatic carbocycles. The highest BCUT2D eigenvalue weighted by atomic mass is 19.4. The Morgan fingerprint density at radius 1 is 0.593 bits per heavy atom. The molecule has 8 bridgehead atoms. The molecule has 0 fully saturated rings. The molecule has 2 N–H and O–H groups in total. The first-order valence-electron chi connectivity index (χ1n) is 16.8. The summed E-state index contributed by atoms with van der Waals surface area (Å²) in [6.07, 6.45) is -14.2. The van der Waals surface area contributed by atoms with E-state index in [0.717, 1.165) is 14.2 Å². The molecule has 0 saturated heterocycles. The van der Waals surface area contributed by atoms with Gasteiger partial charge in [0, 0.05) is 60.3 Å². The number of nitrogens with one attached hydrogen (secondary N) is 2. The average Bonchev–Trinajstić information content (AvgIpc) is 3.76. The van der Waals surface area contributed by atoms with Crippen LogP contribution in [0.3, 0.4) is 0 Å². The summed E-state index contributed by atoms with van der Waals surface area (Å²) in [6, 6.07) is 5.96. The topological polar surface area (TPSA) is 128 Å². The van der Waals surface area contributed by atoms with Gasteiger partial charge in [-0.2, -0.15) is 26.3 Å². The average molecular weight is 763 g/mol. The summed E-state index contributed by atoms with van der Waals surface area (Å²) >= 11 is 0. The highest BCUT2D eigenvalue weighted by Crippen LogP contribution is 2.44. The highest BCUT2D eigenvalue weighted by molar-refractivity contribution is 5.96. The van der Waals surface area contributed by atoms with E-state index in [9.17, 15) is 35.9 Å². The Morgan fingerprint density at radius 2 is 0.963 bits per heavy atom. The van der Waals surface area contributed by atoms with Crippen LogP contribution in [0, 0.1) is 13.8 Å². The fraction of sp³-hybridized carbons (Fsp3) is 0.421. The molecule has 2 unspecified atom stereocenters. The molecular weight excluding hydrogens is 722 g/mol. The van der Waals surface area contributed by atoms with Crippen LogP contribution in [0.15, 0.2) is 24.3 Å². The predicted molar refractivity (Wildman–Crippen MR) is 190 cm³/mol. The molecule has 3 aromatic rings. The molecule has 2 aliphatic rings. The van der Waals surface area contributed by atoms with Crippen LogP contribution in [0.4, 0.5) is 26.3 Å². The number of carbonyl (C=O) groups excluding carboxylic acids is 2. The van der Waals surface area contributed by atoms with Gasteiger partial charge in [-0.15, -0.1) is 0 Å². The van der Waals surface area contributed by atoms with Crippen molar-refractivity contribution in [3.05, 3.63) is 69.3 Å². The number of halogens is 6. The van der Waals surface area contributed by atoms with Crippen LogP contribution in [-0.2, 0) is 28.5 Å². The van der Waals surface area contributed by atoms with E-state index in [1.807, 2.05) is 0 Å². The lowest BCUT2D eigenvalue weighted by Gasteiger charge is -2.19. The molecule has 5 heterocycles. The third-order valence-corrected chi connectivity index (χ3v) is 9.84. The summed E-state index contributed by atoms with van der Waals surface area (Å²) in [5, 5.41) is 0. The minimum atomic E-state index is -4.87. The van der Waals surface area contributed by atoms with Crippen LogP contribution in [0.5, 0.6) is 0 Å². The van der Waals surface area contributed by atoms with Gasteiger partial charge in [0.2, 0.25) is 0 Å². The summed E-state index contributed by atoms with van der Waals surface area (Å²) in [6.45, 7) is 6.39. The van der Waals surface area contributed by atoms with Gasteiger partial charge in [-0.1, -0.05) is 0 Å². The maximum atomic E-state index is 14.5. The molecule has 0 radical (unpaired) electrons. The molecule has 0 saturated carbocycles. The van der Waals surface area contributed by atoms with E-state index in [1.54, 1.807) is 26.0 Å². The van der Waals surface area contributed by atoms with Crippen molar-refractivity contribution in [3.8, 4) is 0 Å². The summed E-state index contributed by atoms with van der Waals surface area (Å²) in [5.74, 6) is -0.962. The van der Waals surface area contributed by atoms with Crippen LogP contribution in [0.25, 0.3) is 44.4 Å². The number of alkyl halides is 6. The Bertz CT molecular complexity index is 2210. The second-order valence-corrected chi connectivity index (χ2v) is 13.0. The van der Waals surface area contributed by atoms with Crippen molar-refractivity contribution in [2.75, 3.05) is 28.4 Å². The fourth-order valence-corrected chi connectivity index (χ4v) is 6.94. The second-order valence-electron chi connectivity index (χ2n) is 13.0. The van der Waals surface area contributed by atoms with Crippen molar-refractivity contribution in [1.29, 1.82) is 0 Å². The van der Waals surface area contributed by atoms with Crippen molar-refractivity contribution >= 4 is 56.3 Å². The largest absolute Gasteiger partial charge is 0.469 e. The molecule has 10 nitrogen and oxygen atoms in total. The lowest BCUT2D eigenvalue weighted by Crippen LogP contribution is -2.23. The van der Waals surface area contributed by atoms with E-state index < -0.39 is 36.5 Å². The highest BCUT2D eigenvalue weighted by Gasteiger charge is 2.45. The maximum Gasteiger partial charge on any atom is 0.418 e. The van der Waals surface area contributed by atoms with Crippen molar-refractivity contribution in [2.45, 2.75) is 77.9 Å². The van der Waals surface area contributed by atoms with Gasteiger partial charge < -0.3 is 28.9 Å². The zero-order chi connectivity index (χ0) is 39.9. The van der Waals surface area contributed by atoms with Gasteiger partial charge >= 0.3 is 24.3 Å². The lowest BCUT2D eigenvalue weighted by molar-refractivity contribution is -0.216. The summed E-state index contributed by atoms with van der Waals surface area (Å²) in [4.78, 5) is 40.1. The number of hydrogen-bond donors (Lipinski definition) is 2. The van der Waals surface area contributed by atoms with Crippen molar-refractivity contribution in [1.82, 2.24) is 19.9 Å². The van der Waals surface area contributed by atoms with E-state index in [0.29, 0.717) is 39.4 Å². The number of H-pyrrole nitrogens is 2. The number of esters is 2. The number of aromatic amines is 2. The molecule has 54 heavy (non-hydrogen) atoms. The van der Waals surface area contributed by atoms with Crippen LogP contribution in [0.2, 0.25) is 0 Å². The fourth-order valence-electron chi connectivity index (χ4n) is 6.94. The molecule has 16 heteroatoms. The number of ether oxygens (including phenoxy) is 4. The van der Waals surface area contributed by atoms with Gasteiger partial charge in [-0.3, -0.25) is 9.59 Å². The smallest absolute Gasteiger partial charge is 0.418 e. The maximum absolute atomic E-state index is 14.5. The van der Waals surface area contributed by atoms with Crippen LogP contribution >= 0.6 is 0 Å². The molecule has 0 aliphatic carbocycles. The SMILES string of the molecule is COC(=O)CCC1=C(C)c2cc3[nH]c(cc4[nH]c(cc5nc(cc1n2)C(CCC(=O)OC)=C5C)c(C(OC)C(F)(F)F)c4C)c(C(OC)C(F)(F)F)c3C. The minimum absolute atomic E-state index is 0.00612. The zero-order valence-electron chi connectivity index (χ0n) is 30.9. The van der Waals surface area contributed by atoms with E-state index in [-0.39, 0.29) is 75.7 Å². The third kappa shape index (κ3) is 7.80. The van der Waals surface area contributed by atoms with Gasteiger partial charge in [0.25, 0.3) is 0 Å². The Balaban J connectivity index is 1.99. The monoisotopic (exact) mass is 762 g/mol. The van der Waals surface area contributed by atoms with Gasteiger partial charge in [0.1, 0.15) is 0 Å². The van der Waals surface area contributed by atoms with E-state index in [4.69, 9.17) is 28.9 Å². The Morgan fingerprint density at radius 3 is 1.33 bits per heavy atom. The van der Waals surface area contributed by atoms with Crippen molar-refractivity contribution in [3.63, 3.8) is 0 Å². The van der Waals surface area contributed by atoms with Crippen LogP contribution in [0.1, 0.15) is 96.8 Å². The number of hydrogen-bond acceptors (Lipinski definition) is 8. The molecule has 290 valence electrons. The number of fused-ring (bicyclic) bond motifs is 8. The van der Waals surface area contributed by atoms with Gasteiger partial charge in [0.05, 0.1) is 37.0 Å². The van der Waals surface area contributed by atoms with Crippen LogP contribution in [-0.4, -0.2) is 72.7 Å². The van der Waals surface area contributed by atoms with Crippen molar-refractivity contribution in [2.24, 2.45) is 0 Å². The molecule has 2 aliphatic heterocycles. The minimum Gasteiger partial charge on any atom is -0.469 e. The van der Waals surface area contributed by atoms with Crippen LogP contribution < -0.4 is 0 Å². The van der Waals surface area contributed by atoms with Crippen molar-refractivity contribution < 1.29 is 54.9 Å². The van der Waals surface area contributed by atoms with Gasteiger partial charge in [-0.05, 0) is 98.2 Å². The quantitative estimate of drug-likeness (QED) is 0.155. The van der Waals surface area contributed by atoms with E-state index in [1.165, 1.54) is 40.2 Å². The van der Waals surface area contributed by atoms with Gasteiger partial charge in [-0.25, -0.2) is 9.97 Å². The molecule has 2 atom stereocenters. The number of aryl methyl sites for hydroxylation is 2. The molecule has 5 rings (SSSR count). The lowest BCUT2D eigenvalue weighted by atomic mass is 9.98. The molecule has 0 amide bonds. The third-order valence-electron chi connectivity index (χ3n) is 9.84. The summed E-state index contributed by atoms with van der Waals surface area (Å²) in [5.41, 5.74) is 3.80. The Labute approximate surface area is 306 Å². The van der Waals surface area contributed by atoms with E-state index >= 15 is 0 Å². The van der Waals surface area contributed by atoms with E-state index in [2.05, 4.69) is 9.97 Å². The standard InChI is InChI=1S/C38H40F6N4O6/c1-17-21(9-11-31(49)51-5)27-16-28-22(10-12-32(50)52-6)18(2)24(46-28)14-29-34(36(54-8)38(42,43)44)20(4)26(48-29)15-30-33(35(53-7)37(39,40)41)19(3)25(47-30)13-23(17)45-27/h13-16,35-36,47-48H,9-12H2,1-8H3. The zero-order valence-corrected chi connectivity index (χ0v) is 30.9. The second kappa shape index (κ2) is 15.4. The number of aromatic nitrogens is 4. The number of nitrogens with zero attached hydrogens (tertiary/aromatic N) is 2. The first-order valence-corrected chi connectivity index (χ1v) is 16.8. The molecular formula is C38H40F6N4O6. The predicted octanol–water partition coefficient (Wildman–Crippen LogP) is 9.20. The Kier molecular flexibility index (Phi) is 11.5. The van der Waals surface area contributed by atoms with Gasteiger partial charge in [0.15, 0.2) is 12.2 Å². The summed E-state index contributed by atoms with van der Waals surface area (Å²) < 4.78 is 107. The first-order chi connectivity index (χ1) is 25.3. The Hall–Kier alpha value is -4.96. The number of carbonyl (C=O) groups is 2. The normalized spacial score (nSPS) is 14.8. The number of rotatable bonds is 10. The summed E-state index contributed by atoms with van der Waals surface area (Å²) in [7, 11) is 4.36. The molecule has 3 aromatic heterocycles. The molecule has 0 spiro atoms. The number of methoxy groups -OCH3 is 4. The number of allylic oxidation sites excluding steroid dienone is 4. The first kappa shape index (κ1) is 40.2.